The molecule has 2 aliphatic heterocycles. The third-order valence-electron chi connectivity index (χ3n) is 5.54. The number of epoxide rings is 2. The molecule has 4 atom stereocenters. The lowest BCUT2D eigenvalue weighted by atomic mass is 9.94. The van der Waals surface area contributed by atoms with Gasteiger partial charge in [-0.05, 0) is 38.3 Å². The second kappa shape index (κ2) is 13.4. The monoisotopic (exact) mass is 452 g/mol. The van der Waals surface area contributed by atoms with Gasteiger partial charge in [0.2, 0.25) is 0 Å². The van der Waals surface area contributed by atoms with Gasteiger partial charge < -0.3 is 33.2 Å². The molecular weight excluding hydrogens is 412 g/mol. The Morgan fingerprint density at radius 2 is 1.81 bits per heavy atom. The second-order valence-corrected chi connectivity index (χ2v) is 8.93. The highest BCUT2D eigenvalue weighted by Crippen LogP contribution is 2.32. The van der Waals surface area contributed by atoms with Crippen molar-refractivity contribution in [3.05, 3.63) is 24.3 Å². The van der Waals surface area contributed by atoms with Gasteiger partial charge in [-0.15, -0.1) is 0 Å². The summed E-state index contributed by atoms with van der Waals surface area (Å²) < 4.78 is 39.8. The van der Waals surface area contributed by atoms with Crippen molar-refractivity contribution in [2.24, 2.45) is 0 Å². The maximum absolute atomic E-state index is 6.38. The highest BCUT2D eigenvalue weighted by atomic mass is 16.6. The maximum Gasteiger partial charge on any atom is 0.123 e. The standard InChI is InChI=1S/C25H40O7/c1-4-10-25(2,14-22-17-30-22)32-21-9-7-8-20(13-21)29-18-23(15-26-3)28-12-6-5-11-27-16-24-19-31-24/h7-9,13,22-24H,4-6,10-12,14-19H2,1-3H3. The lowest BCUT2D eigenvalue weighted by molar-refractivity contribution is -0.0282. The second-order valence-electron chi connectivity index (χ2n) is 8.93. The van der Waals surface area contributed by atoms with E-state index in [9.17, 15) is 0 Å². The van der Waals surface area contributed by atoms with E-state index in [4.69, 9.17) is 33.2 Å². The zero-order chi connectivity index (χ0) is 22.7. The van der Waals surface area contributed by atoms with E-state index in [1.165, 1.54) is 0 Å². The van der Waals surface area contributed by atoms with Gasteiger partial charge in [-0.2, -0.15) is 0 Å². The molecule has 2 saturated heterocycles. The fourth-order valence-electron chi connectivity index (χ4n) is 3.76. The van der Waals surface area contributed by atoms with Crippen LogP contribution in [0.2, 0.25) is 0 Å². The first-order valence-electron chi connectivity index (χ1n) is 11.9. The van der Waals surface area contributed by atoms with Gasteiger partial charge in [-0.3, -0.25) is 0 Å². The molecule has 0 spiro atoms. The Labute approximate surface area is 192 Å². The van der Waals surface area contributed by atoms with Crippen LogP contribution in [0.5, 0.6) is 11.5 Å². The third-order valence-corrected chi connectivity index (χ3v) is 5.54. The van der Waals surface area contributed by atoms with Crippen molar-refractivity contribution in [2.45, 2.75) is 69.9 Å². The van der Waals surface area contributed by atoms with Crippen molar-refractivity contribution in [1.82, 2.24) is 0 Å². The lowest BCUT2D eigenvalue weighted by Crippen LogP contribution is -2.34. The fourth-order valence-corrected chi connectivity index (χ4v) is 3.76. The van der Waals surface area contributed by atoms with Crippen LogP contribution < -0.4 is 9.47 Å². The molecule has 1 aromatic carbocycles. The number of ether oxygens (including phenoxy) is 7. The Morgan fingerprint density at radius 1 is 1.06 bits per heavy atom. The van der Waals surface area contributed by atoms with Crippen LogP contribution in [0, 0.1) is 0 Å². The molecule has 0 aromatic heterocycles. The Balaban J connectivity index is 1.38. The van der Waals surface area contributed by atoms with E-state index in [1.54, 1.807) is 7.11 Å². The maximum atomic E-state index is 6.38. The molecule has 32 heavy (non-hydrogen) atoms. The Morgan fingerprint density at radius 3 is 2.53 bits per heavy atom. The van der Waals surface area contributed by atoms with Crippen LogP contribution in [0.25, 0.3) is 0 Å². The van der Waals surface area contributed by atoms with E-state index in [0.29, 0.717) is 38.6 Å². The summed E-state index contributed by atoms with van der Waals surface area (Å²) in [6.07, 6.45) is 5.41. The van der Waals surface area contributed by atoms with Crippen LogP contribution in [-0.2, 0) is 23.7 Å². The summed E-state index contributed by atoms with van der Waals surface area (Å²) in [5.41, 5.74) is -0.231. The first kappa shape index (κ1) is 25.2. The van der Waals surface area contributed by atoms with E-state index in [0.717, 1.165) is 63.4 Å². The molecule has 2 heterocycles. The van der Waals surface area contributed by atoms with E-state index >= 15 is 0 Å². The van der Waals surface area contributed by atoms with Gasteiger partial charge in [0.25, 0.3) is 0 Å². The van der Waals surface area contributed by atoms with Gasteiger partial charge in [0.1, 0.15) is 35.9 Å². The van der Waals surface area contributed by atoms with Gasteiger partial charge in [-0.25, -0.2) is 0 Å². The summed E-state index contributed by atoms with van der Waals surface area (Å²) >= 11 is 0. The predicted octanol–water partition coefficient (Wildman–Crippen LogP) is 4.02. The van der Waals surface area contributed by atoms with Gasteiger partial charge in [-0.1, -0.05) is 19.4 Å². The molecule has 182 valence electrons. The molecule has 0 radical (unpaired) electrons. The largest absolute Gasteiger partial charge is 0.491 e. The van der Waals surface area contributed by atoms with E-state index < -0.39 is 0 Å². The van der Waals surface area contributed by atoms with Crippen molar-refractivity contribution in [3.8, 4) is 11.5 Å². The van der Waals surface area contributed by atoms with Crippen LogP contribution in [0.3, 0.4) is 0 Å². The molecule has 0 amide bonds. The number of hydrogen-bond acceptors (Lipinski definition) is 7. The smallest absolute Gasteiger partial charge is 0.123 e. The number of rotatable bonds is 19. The lowest BCUT2D eigenvalue weighted by Gasteiger charge is -2.30. The minimum atomic E-state index is -0.231. The number of benzene rings is 1. The van der Waals surface area contributed by atoms with Crippen LogP contribution in [0.15, 0.2) is 24.3 Å². The van der Waals surface area contributed by atoms with Crippen molar-refractivity contribution in [3.63, 3.8) is 0 Å². The predicted molar refractivity (Wildman–Crippen MR) is 122 cm³/mol. The SMILES string of the molecule is CCCC(C)(CC1CO1)Oc1cccc(OCC(COC)OCCCCOCC2CO2)c1. The highest BCUT2D eigenvalue weighted by molar-refractivity contribution is 5.33. The summed E-state index contributed by atoms with van der Waals surface area (Å²) in [6.45, 7) is 9.04. The van der Waals surface area contributed by atoms with Crippen molar-refractivity contribution >= 4 is 0 Å². The number of methoxy groups -OCH3 is 1. The Hall–Kier alpha value is -1.38. The zero-order valence-electron chi connectivity index (χ0n) is 19.9. The molecule has 1 aromatic rings. The zero-order valence-corrected chi connectivity index (χ0v) is 19.9. The van der Waals surface area contributed by atoms with Crippen LogP contribution in [0.4, 0.5) is 0 Å². The summed E-state index contributed by atoms with van der Waals surface area (Å²) in [6, 6.07) is 7.84. The quantitative estimate of drug-likeness (QED) is 0.232. The first-order valence-corrected chi connectivity index (χ1v) is 11.9. The third kappa shape index (κ3) is 10.0. The van der Waals surface area contributed by atoms with E-state index in [-0.39, 0.29) is 11.7 Å². The molecule has 0 aliphatic carbocycles. The molecule has 3 rings (SSSR count). The molecule has 7 nitrogen and oxygen atoms in total. The van der Waals surface area contributed by atoms with Crippen LogP contribution in [-0.4, -0.2) is 77.3 Å². The van der Waals surface area contributed by atoms with Crippen LogP contribution in [0.1, 0.15) is 46.0 Å². The minimum absolute atomic E-state index is 0.122. The van der Waals surface area contributed by atoms with Crippen molar-refractivity contribution < 1.29 is 33.2 Å². The van der Waals surface area contributed by atoms with Crippen molar-refractivity contribution in [1.29, 1.82) is 0 Å². The molecule has 0 bridgehead atoms. The van der Waals surface area contributed by atoms with E-state index in [2.05, 4.69) is 13.8 Å². The summed E-state index contributed by atoms with van der Waals surface area (Å²) in [4.78, 5) is 0. The average molecular weight is 453 g/mol. The summed E-state index contributed by atoms with van der Waals surface area (Å²) in [7, 11) is 1.68. The minimum Gasteiger partial charge on any atom is -0.491 e. The van der Waals surface area contributed by atoms with Crippen LogP contribution >= 0.6 is 0 Å². The Bertz CT molecular complexity index is 647. The van der Waals surface area contributed by atoms with Gasteiger partial charge >= 0.3 is 0 Å². The molecule has 0 saturated carbocycles. The normalized spacial score (nSPS) is 22.2. The summed E-state index contributed by atoms with van der Waals surface area (Å²) in [5, 5.41) is 0. The first-order chi connectivity index (χ1) is 15.6. The number of unbranched alkanes of at least 4 members (excludes halogenated alkanes) is 1. The molecule has 0 N–H and O–H groups in total. The van der Waals surface area contributed by atoms with Crippen molar-refractivity contribution in [2.75, 3.05) is 53.4 Å². The fraction of sp³-hybridized carbons (Fsp3) is 0.760. The molecular formula is C25H40O7. The highest BCUT2D eigenvalue weighted by Gasteiger charge is 2.35. The van der Waals surface area contributed by atoms with Gasteiger partial charge in [0, 0.05) is 32.8 Å². The van der Waals surface area contributed by atoms with Gasteiger partial charge in [0.15, 0.2) is 0 Å². The summed E-state index contributed by atoms with van der Waals surface area (Å²) in [5.74, 6) is 1.59. The molecule has 7 heteroatoms. The van der Waals surface area contributed by atoms with E-state index in [1.807, 2.05) is 24.3 Å². The van der Waals surface area contributed by atoms with Gasteiger partial charge in [0.05, 0.1) is 32.5 Å². The topological polar surface area (TPSA) is 71.2 Å². The molecule has 4 unspecified atom stereocenters. The average Bonchev–Trinajstić information content (AvgIpc) is 3.68. The number of hydrogen-bond donors (Lipinski definition) is 0. The molecule has 2 aliphatic rings. The Kier molecular flexibility index (Phi) is 10.5. The molecule has 2 fully saturated rings.